The summed E-state index contributed by atoms with van der Waals surface area (Å²) >= 11 is 0. The predicted octanol–water partition coefficient (Wildman–Crippen LogP) is 1.21. The van der Waals surface area contributed by atoms with E-state index in [0.29, 0.717) is 58.2 Å². The predicted molar refractivity (Wildman–Crippen MR) is 124 cm³/mol. The van der Waals surface area contributed by atoms with Crippen LogP contribution in [0.15, 0.2) is 12.4 Å². The largest absolute Gasteiger partial charge is 0.378 e. The molecular weight excluding hydrogens is 439 g/mol. The molecule has 0 radical (unpaired) electrons. The lowest BCUT2D eigenvalue weighted by Gasteiger charge is -2.37. The Morgan fingerprint density at radius 1 is 1.09 bits per heavy atom. The fraction of sp³-hybridized carbons (Fsp3) is 0.609. The van der Waals surface area contributed by atoms with Crippen LogP contribution in [0.2, 0.25) is 0 Å². The Bertz CT molecular complexity index is 1120. The van der Waals surface area contributed by atoms with Gasteiger partial charge in [-0.15, -0.1) is 0 Å². The van der Waals surface area contributed by atoms with Gasteiger partial charge in [-0.25, -0.2) is 19.3 Å². The fourth-order valence-electron chi connectivity index (χ4n) is 5.32. The van der Waals surface area contributed by atoms with Crippen LogP contribution in [0.25, 0.3) is 11.3 Å². The Balaban J connectivity index is 1.37. The van der Waals surface area contributed by atoms with Gasteiger partial charge < -0.3 is 25.2 Å². The van der Waals surface area contributed by atoms with E-state index in [4.69, 9.17) is 20.4 Å². The molecule has 0 spiro atoms. The monoisotopic (exact) mass is 468 g/mol. The molecule has 3 fully saturated rings. The van der Waals surface area contributed by atoms with Crippen LogP contribution in [0.5, 0.6) is 0 Å². The number of fused-ring (bicyclic) bond motifs is 1. The van der Waals surface area contributed by atoms with Gasteiger partial charge in [-0.05, 0) is 32.6 Å². The van der Waals surface area contributed by atoms with E-state index in [-0.39, 0.29) is 17.4 Å². The molecule has 11 heteroatoms. The average molecular weight is 469 g/mol. The van der Waals surface area contributed by atoms with Gasteiger partial charge in [-0.2, -0.15) is 4.98 Å². The summed E-state index contributed by atoms with van der Waals surface area (Å²) in [6.07, 6.45) is 5.62. The Hall–Kier alpha value is -3.08. The number of nitrogen functional groups attached to an aromatic ring is 1. The van der Waals surface area contributed by atoms with Crippen molar-refractivity contribution in [1.82, 2.24) is 24.8 Å². The van der Waals surface area contributed by atoms with Crippen LogP contribution in [-0.2, 0) is 16.0 Å². The topological polar surface area (TPSA) is 114 Å². The van der Waals surface area contributed by atoms with E-state index in [1.54, 1.807) is 17.3 Å². The Kier molecular flexibility index (Phi) is 4.87. The average Bonchev–Trinajstić information content (AvgIpc) is 3.27. The first-order chi connectivity index (χ1) is 16.4. The van der Waals surface area contributed by atoms with Crippen LogP contribution in [0.3, 0.4) is 0 Å². The molecule has 1 aliphatic carbocycles. The van der Waals surface area contributed by atoms with Crippen molar-refractivity contribution in [3.8, 4) is 11.3 Å². The highest BCUT2D eigenvalue weighted by molar-refractivity contribution is 5.88. The van der Waals surface area contributed by atoms with Gasteiger partial charge in [0.25, 0.3) is 5.91 Å². The number of nitrogens with two attached hydrogens (primary N) is 1. The normalized spacial score (nSPS) is 25.5. The number of rotatable bonds is 4. The number of amides is 1. The SMILES string of the molecule is C[C@]1(N2CCc3c(-c4cnc(N)nc4)nc(N4CCOCC4)nc32)CCN(C(=O)C2(F)CC2)C1. The number of carbonyl (C=O) groups is 1. The van der Waals surface area contributed by atoms with Gasteiger partial charge in [0.15, 0.2) is 5.67 Å². The lowest BCUT2D eigenvalue weighted by atomic mass is 9.99. The van der Waals surface area contributed by atoms with Gasteiger partial charge in [0.2, 0.25) is 11.9 Å². The number of hydrogen-bond donors (Lipinski definition) is 1. The van der Waals surface area contributed by atoms with Gasteiger partial charge in [0.05, 0.1) is 24.4 Å². The van der Waals surface area contributed by atoms with Crippen molar-refractivity contribution in [2.45, 2.75) is 43.8 Å². The number of ether oxygens (including phenoxy) is 1. The second kappa shape index (κ2) is 7.72. The van der Waals surface area contributed by atoms with Crippen molar-refractivity contribution in [1.29, 1.82) is 0 Å². The first kappa shape index (κ1) is 21.5. The maximum atomic E-state index is 14.5. The van der Waals surface area contributed by atoms with Crippen LogP contribution >= 0.6 is 0 Å². The number of aromatic nitrogens is 4. The summed E-state index contributed by atoms with van der Waals surface area (Å²) in [5, 5.41) is 0. The maximum Gasteiger partial charge on any atom is 0.260 e. The lowest BCUT2D eigenvalue weighted by Crippen LogP contribution is -2.49. The second-order valence-corrected chi connectivity index (χ2v) is 9.94. The van der Waals surface area contributed by atoms with Crippen molar-refractivity contribution in [3.05, 3.63) is 18.0 Å². The fourth-order valence-corrected chi connectivity index (χ4v) is 5.32. The second-order valence-electron chi connectivity index (χ2n) is 9.94. The van der Waals surface area contributed by atoms with Gasteiger partial charge in [0.1, 0.15) is 5.82 Å². The van der Waals surface area contributed by atoms with Crippen molar-refractivity contribution in [3.63, 3.8) is 0 Å². The molecule has 5 heterocycles. The molecule has 0 bridgehead atoms. The highest BCUT2D eigenvalue weighted by atomic mass is 19.1. The van der Waals surface area contributed by atoms with Gasteiger partial charge >= 0.3 is 0 Å². The van der Waals surface area contributed by atoms with Gasteiger partial charge in [-0.3, -0.25) is 4.79 Å². The summed E-state index contributed by atoms with van der Waals surface area (Å²) in [5.74, 6) is 1.39. The molecule has 1 atom stereocenters. The van der Waals surface area contributed by atoms with E-state index >= 15 is 0 Å². The van der Waals surface area contributed by atoms with Crippen molar-refractivity contribution < 1.29 is 13.9 Å². The Labute approximate surface area is 197 Å². The van der Waals surface area contributed by atoms with Crippen LogP contribution < -0.4 is 15.5 Å². The minimum absolute atomic E-state index is 0.217. The van der Waals surface area contributed by atoms with Crippen LogP contribution in [0.4, 0.5) is 22.1 Å². The molecule has 2 aromatic rings. The molecule has 6 rings (SSSR count). The van der Waals surface area contributed by atoms with E-state index in [9.17, 15) is 9.18 Å². The number of hydrogen-bond acceptors (Lipinski definition) is 9. The van der Waals surface area contributed by atoms with Crippen molar-refractivity contribution in [2.24, 2.45) is 0 Å². The summed E-state index contributed by atoms with van der Waals surface area (Å²) < 4.78 is 20.0. The molecule has 180 valence electrons. The number of carbonyl (C=O) groups excluding carboxylic acids is 1. The minimum atomic E-state index is -1.64. The van der Waals surface area contributed by atoms with Crippen molar-refractivity contribution >= 4 is 23.6 Å². The van der Waals surface area contributed by atoms with Crippen molar-refractivity contribution in [2.75, 3.05) is 61.5 Å². The summed E-state index contributed by atoms with van der Waals surface area (Å²) in [6.45, 7) is 6.66. The van der Waals surface area contributed by atoms with Crippen LogP contribution in [0.1, 0.15) is 31.7 Å². The molecule has 2 aromatic heterocycles. The molecule has 0 aromatic carbocycles. The zero-order valence-corrected chi connectivity index (χ0v) is 19.3. The molecule has 4 aliphatic rings. The standard InChI is InChI=1S/C23H29FN8O2/c1-22(5-7-31(14-22)19(33)23(24)3-4-23)32-6-2-16-17(15-12-26-20(25)27-13-15)28-21(29-18(16)32)30-8-10-34-11-9-30/h12-13H,2-11,14H2,1H3,(H2,25,26,27)/t22-/m0/s1. The molecular formula is C23H29FN8O2. The smallest absolute Gasteiger partial charge is 0.260 e. The maximum absolute atomic E-state index is 14.5. The first-order valence-corrected chi connectivity index (χ1v) is 11.9. The lowest BCUT2D eigenvalue weighted by molar-refractivity contribution is -0.137. The highest BCUT2D eigenvalue weighted by Gasteiger charge is 2.55. The summed E-state index contributed by atoms with van der Waals surface area (Å²) in [4.78, 5) is 37.1. The summed E-state index contributed by atoms with van der Waals surface area (Å²) in [5.41, 5.74) is 6.40. The number of anilines is 3. The van der Waals surface area contributed by atoms with Crippen LogP contribution in [0, 0.1) is 0 Å². The summed E-state index contributed by atoms with van der Waals surface area (Å²) in [6, 6.07) is 0. The number of morpholine rings is 1. The molecule has 10 nitrogen and oxygen atoms in total. The van der Waals surface area contributed by atoms with Crippen LogP contribution in [-0.4, -0.2) is 87.9 Å². The molecule has 34 heavy (non-hydrogen) atoms. The minimum Gasteiger partial charge on any atom is -0.378 e. The van der Waals surface area contributed by atoms with E-state index < -0.39 is 5.67 Å². The molecule has 2 saturated heterocycles. The number of halogens is 1. The Morgan fingerprint density at radius 3 is 2.53 bits per heavy atom. The Morgan fingerprint density at radius 2 is 1.82 bits per heavy atom. The highest BCUT2D eigenvalue weighted by Crippen LogP contribution is 2.45. The van der Waals surface area contributed by atoms with E-state index in [0.717, 1.165) is 42.0 Å². The number of alkyl halides is 1. The van der Waals surface area contributed by atoms with Gasteiger partial charge in [0, 0.05) is 56.2 Å². The van der Waals surface area contributed by atoms with E-state index in [2.05, 4.69) is 26.7 Å². The van der Waals surface area contributed by atoms with E-state index in [1.165, 1.54) is 0 Å². The molecule has 3 aliphatic heterocycles. The van der Waals surface area contributed by atoms with E-state index in [1.807, 2.05) is 0 Å². The zero-order valence-electron chi connectivity index (χ0n) is 19.3. The first-order valence-electron chi connectivity index (χ1n) is 11.9. The molecule has 2 N–H and O–H groups in total. The third-order valence-corrected chi connectivity index (χ3v) is 7.52. The third kappa shape index (κ3) is 3.53. The number of likely N-dealkylation sites (tertiary alicyclic amines) is 1. The quantitative estimate of drug-likeness (QED) is 0.707. The summed E-state index contributed by atoms with van der Waals surface area (Å²) in [7, 11) is 0. The molecule has 1 amide bonds. The van der Waals surface area contributed by atoms with Gasteiger partial charge in [-0.1, -0.05) is 0 Å². The third-order valence-electron chi connectivity index (χ3n) is 7.52. The zero-order chi connectivity index (χ0) is 23.5. The molecule has 0 unspecified atom stereocenters. The number of nitrogens with zero attached hydrogens (tertiary/aromatic N) is 7. The molecule has 1 saturated carbocycles.